The average Bonchev–Trinajstić information content (AvgIpc) is 2.46. The Kier molecular flexibility index (Phi) is 11.5. The number of nitrogens with one attached hydrogen (secondary N) is 1. The van der Waals surface area contributed by atoms with E-state index < -0.39 is 0 Å². The second kappa shape index (κ2) is 12.9. The van der Waals surface area contributed by atoms with Crippen LogP contribution in [0.4, 0.5) is 0 Å². The summed E-state index contributed by atoms with van der Waals surface area (Å²) in [4.78, 5) is 0. The molecule has 19 heavy (non-hydrogen) atoms. The van der Waals surface area contributed by atoms with E-state index in [-0.39, 0.29) is 0 Å². The largest absolute Gasteiger partial charge is 0.378 e. The molecule has 1 aliphatic rings. The Morgan fingerprint density at radius 3 is 1.89 bits per heavy atom. The molecule has 0 aromatic carbocycles. The highest BCUT2D eigenvalue weighted by atomic mass is 16.5. The minimum Gasteiger partial charge on any atom is -0.378 e. The van der Waals surface area contributed by atoms with E-state index in [0.29, 0.717) is 6.10 Å². The first-order chi connectivity index (χ1) is 9.43. The highest BCUT2D eigenvalue weighted by Gasteiger charge is 2.12. The Hall–Kier alpha value is -0.0800. The van der Waals surface area contributed by atoms with E-state index in [1.165, 1.54) is 77.0 Å². The summed E-state index contributed by atoms with van der Waals surface area (Å²) in [7, 11) is 0. The summed E-state index contributed by atoms with van der Waals surface area (Å²) in [5, 5.41) is 3.38. The molecule has 0 unspecified atom stereocenters. The molecule has 0 radical (unpaired) electrons. The zero-order valence-electron chi connectivity index (χ0n) is 13.1. The van der Waals surface area contributed by atoms with Gasteiger partial charge in [0.25, 0.3) is 0 Å². The van der Waals surface area contributed by atoms with Gasteiger partial charge in [-0.1, -0.05) is 64.7 Å². The van der Waals surface area contributed by atoms with Crippen LogP contribution in [0.15, 0.2) is 0 Å². The SMILES string of the molecule is CCCCCCCCCCCCOC1CCNCC1. The van der Waals surface area contributed by atoms with Crippen molar-refractivity contribution in [3.05, 3.63) is 0 Å². The predicted molar refractivity (Wildman–Crippen MR) is 83.7 cm³/mol. The maximum absolute atomic E-state index is 5.91. The van der Waals surface area contributed by atoms with Gasteiger partial charge < -0.3 is 10.1 Å². The molecule has 1 fully saturated rings. The zero-order chi connectivity index (χ0) is 13.6. The molecule has 0 amide bonds. The molecule has 0 bridgehead atoms. The van der Waals surface area contributed by atoms with E-state index in [2.05, 4.69) is 12.2 Å². The zero-order valence-corrected chi connectivity index (χ0v) is 13.1. The van der Waals surface area contributed by atoms with Crippen molar-refractivity contribution in [2.24, 2.45) is 0 Å². The van der Waals surface area contributed by atoms with Crippen LogP contribution in [0.25, 0.3) is 0 Å². The third kappa shape index (κ3) is 10.4. The molecule has 114 valence electrons. The van der Waals surface area contributed by atoms with Crippen LogP contribution >= 0.6 is 0 Å². The van der Waals surface area contributed by atoms with Crippen molar-refractivity contribution >= 4 is 0 Å². The summed E-state index contributed by atoms with van der Waals surface area (Å²) in [6.07, 6.45) is 17.0. The lowest BCUT2D eigenvalue weighted by atomic mass is 10.1. The minimum atomic E-state index is 0.541. The molecule has 1 N–H and O–H groups in total. The van der Waals surface area contributed by atoms with Crippen molar-refractivity contribution in [2.75, 3.05) is 19.7 Å². The van der Waals surface area contributed by atoms with Crippen LogP contribution in [0.2, 0.25) is 0 Å². The number of rotatable bonds is 12. The van der Waals surface area contributed by atoms with E-state index in [4.69, 9.17) is 4.74 Å². The highest BCUT2D eigenvalue weighted by Crippen LogP contribution is 2.12. The molecule has 1 rings (SSSR count). The summed E-state index contributed by atoms with van der Waals surface area (Å²) in [6.45, 7) is 5.55. The maximum atomic E-state index is 5.91. The fraction of sp³-hybridized carbons (Fsp3) is 1.00. The molecule has 2 heteroatoms. The third-order valence-corrected chi connectivity index (χ3v) is 4.14. The van der Waals surface area contributed by atoms with Crippen molar-refractivity contribution < 1.29 is 4.74 Å². The topological polar surface area (TPSA) is 21.3 Å². The smallest absolute Gasteiger partial charge is 0.0599 e. The van der Waals surface area contributed by atoms with Gasteiger partial charge in [-0.2, -0.15) is 0 Å². The number of ether oxygens (including phenoxy) is 1. The van der Waals surface area contributed by atoms with Crippen LogP contribution in [0.3, 0.4) is 0 Å². The van der Waals surface area contributed by atoms with Crippen molar-refractivity contribution in [2.45, 2.75) is 90.1 Å². The normalized spacial score (nSPS) is 16.9. The summed E-state index contributed by atoms with van der Waals surface area (Å²) < 4.78 is 5.91. The van der Waals surface area contributed by atoms with Gasteiger partial charge in [0.1, 0.15) is 0 Å². The van der Waals surface area contributed by atoms with Gasteiger partial charge in [-0.05, 0) is 32.4 Å². The Morgan fingerprint density at radius 2 is 1.32 bits per heavy atom. The van der Waals surface area contributed by atoms with Gasteiger partial charge in [0.2, 0.25) is 0 Å². The number of piperidine rings is 1. The van der Waals surface area contributed by atoms with Gasteiger partial charge >= 0.3 is 0 Å². The summed E-state index contributed by atoms with van der Waals surface area (Å²) in [5.41, 5.74) is 0. The highest BCUT2D eigenvalue weighted by molar-refractivity contribution is 4.67. The van der Waals surface area contributed by atoms with E-state index in [1.807, 2.05) is 0 Å². The second-order valence-corrected chi connectivity index (χ2v) is 6.00. The van der Waals surface area contributed by atoms with Gasteiger partial charge in [0, 0.05) is 6.61 Å². The Morgan fingerprint density at radius 1 is 0.789 bits per heavy atom. The van der Waals surface area contributed by atoms with Gasteiger partial charge in [0.15, 0.2) is 0 Å². The number of hydrogen-bond acceptors (Lipinski definition) is 2. The van der Waals surface area contributed by atoms with E-state index in [1.54, 1.807) is 0 Å². The van der Waals surface area contributed by atoms with Crippen LogP contribution in [-0.4, -0.2) is 25.8 Å². The molecule has 0 aromatic heterocycles. The Bertz CT molecular complexity index is 178. The Balaban J connectivity index is 1.71. The quantitative estimate of drug-likeness (QED) is 0.520. The van der Waals surface area contributed by atoms with Gasteiger partial charge in [-0.3, -0.25) is 0 Å². The molecule has 0 spiro atoms. The number of unbranched alkanes of at least 4 members (excludes halogenated alkanes) is 9. The Labute approximate surface area is 120 Å². The molecule has 2 nitrogen and oxygen atoms in total. The maximum Gasteiger partial charge on any atom is 0.0599 e. The molecule has 0 aliphatic carbocycles. The van der Waals surface area contributed by atoms with E-state index >= 15 is 0 Å². The van der Waals surface area contributed by atoms with Gasteiger partial charge in [-0.25, -0.2) is 0 Å². The van der Waals surface area contributed by atoms with Crippen molar-refractivity contribution in [1.82, 2.24) is 5.32 Å². The van der Waals surface area contributed by atoms with Crippen molar-refractivity contribution in [3.8, 4) is 0 Å². The van der Waals surface area contributed by atoms with E-state index in [9.17, 15) is 0 Å². The van der Waals surface area contributed by atoms with Crippen LogP contribution < -0.4 is 5.32 Å². The van der Waals surface area contributed by atoms with Gasteiger partial charge in [0.05, 0.1) is 6.10 Å². The molecule has 1 saturated heterocycles. The lowest BCUT2D eigenvalue weighted by molar-refractivity contribution is 0.0307. The molecule has 0 atom stereocenters. The molecule has 0 aromatic rings. The fourth-order valence-electron chi connectivity index (χ4n) is 2.80. The van der Waals surface area contributed by atoms with Gasteiger partial charge in [-0.15, -0.1) is 0 Å². The average molecular weight is 269 g/mol. The van der Waals surface area contributed by atoms with E-state index in [0.717, 1.165) is 19.7 Å². The summed E-state index contributed by atoms with van der Waals surface area (Å²) in [5.74, 6) is 0. The molecule has 1 heterocycles. The monoisotopic (exact) mass is 269 g/mol. The summed E-state index contributed by atoms with van der Waals surface area (Å²) >= 11 is 0. The standard InChI is InChI=1S/C17H35NO/c1-2-3-4-5-6-7-8-9-10-11-16-19-17-12-14-18-15-13-17/h17-18H,2-16H2,1H3. The minimum absolute atomic E-state index is 0.541. The van der Waals surface area contributed by atoms with Crippen LogP contribution in [0.1, 0.15) is 84.0 Å². The predicted octanol–water partition coefficient (Wildman–Crippen LogP) is 4.68. The molecular formula is C17H35NO. The van der Waals surface area contributed by atoms with Crippen LogP contribution in [0.5, 0.6) is 0 Å². The lowest BCUT2D eigenvalue weighted by Gasteiger charge is -2.22. The first-order valence-electron chi connectivity index (χ1n) is 8.76. The molecular weight excluding hydrogens is 234 g/mol. The lowest BCUT2D eigenvalue weighted by Crippen LogP contribution is -2.32. The second-order valence-electron chi connectivity index (χ2n) is 6.00. The number of hydrogen-bond donors (Lipinski definition) is 1. The van der Waals surface area contributed by atoms with Crippen molar-refractivity contribution in [3.63, 3.8) is 0 Å². The first-order valence-corrected chi connectivity index (χ1v) is 8.76. The fourth-order valence-corrected chi connectivity index (χ4v) is 2.80. The third-order valence-electron chi connectivity index (χ3n) is 4.14. The summed E-state index contributed by atoms with van der Waals surface area (Å²) in [6, 6.07) is 0. The molecule has 1 aliphatic heterocycles. The first kappa shape index (κ1) is 17.0. The molecule has 0 saturated carbocycles. The van der Waals surface area contributed by atoms with Crippen LogP contribution in [0, 0.1) is 0 Å². The van der Waals surface area contributed by atoms with Crippen LogP contribution in [-0.2, 0) is 4.74 Å². The van der Waals surface area contributed by atoms with Crippen molar-refractivity contribution in [1.29, 1.82) is 0 Å².